The van der Waals surface area contributed by atoms with E-state index in [0.29, 0.717) is 12.0 Å². The lowest BCUT2D eigenvalue weighted by molar-refractivity contribution is -0.233. The zero-order valence-corrected chi connectivity index (χ0v) is 15.5. The first-order valence-corrected chi connectivity index (χ1v) is 9.55. The van der Waals surface area contributed by atoms with E-state index in [0.717, 1.165) is 6.42 Å². The van der Waals surface area contributed by atoms with E-state index in [2.05, 4.69) is 6.08 Å². The Morgan fingerprint density at radius 1 is 1.04 bits per heavy atom. The molecule has 2 saturated heterocycles. The summed E-state index contributed by atoms with van der Waals surface area (Å²) in [4.78, 5) is 56.7. The van der Waals surface area contributed by atoms with Crippen molar-refractivity contribution in [2.24, 2.45) is 34.5 Å². The molecule has 2 spiro atoms. The molecule has 0 aromatic carbocycles. The average molecular weight is 367 g/mol. The average Bonchev–Trinajstić information content (AvgIpc) is 2.88. The molecule has 7 nitrogen and oxygen atoms in total. The molecule has 6 rings (SSSR count). The molecule has 7 heteroatoms. The normalized spacial score (nSPS) is 49.1. The monoisotopic (exact) mass is 367 g/mol. The number of hydrogen-bond donors (Lipinski definition) is 0. The van der Waals surface area contributed by atoms with Crippen LogP contribution in [0.15, 0.2) is 23.8 Å². The fourth-order valence-corrected chi connectivity index (χ4v) is 7.96. The SMILES string of the molecule is CN1C(=O)N(C)C2C3(CC4CC3C23C(=O)N(C)C(=O)C2=CC=CC4C23)C1=O. The minimum atomic E-state index is -0.863. The second kappa shape index (κ2) is 4.18. The van der Waals surface area contributed by atoms with Gasteiger partial charge in [-0.25, -0.2) is 4.79 Å². The fourth-order valence-electron chi connectivity index (χ4n) is 7.96. The number of urea groups is 1. The van der Waals surface area contributed by atoms with Crippen molar-refractivity contribution in [3.05, 3.63) is 23.8 Å². The second-order valence-electron chi connectivity index (χ2n) is 9.12. The Labute approximate surface area is 156 Å². The zero-order valence-electron chi connectivity index (χ0n) is 15.5. The number of hydrogen-bond acceptors (Lipinski definition) is 4. The molecule has 0 aromatic rings. The van der Waals surface area contributed by atoms with E-state index in [1.165, 1.54) is 23.9 Å². The van der Waals surface area contributed by atoms with Crippen LogP contribution in [0.25, 0.3) is 0 Å². The highest BCUT2D eigenvalue weighted by Gasteiger charge is 2.89. The number of piperidine rings is 1. The first-order chi connectivity index (χ1) is 12.8. The van der Waals surface area contributed by atoms with Crippen molar-refractivity contribution < 1.29 is 19.2 Å². The van der Waals surface area contributed by atoms with Gasteiger partial charge in [0.2, 0.25) is 11.8 Å². The molecule has 4 aliphatic carbocycles. The quantitative estimate of drug-likeness (QED) is 0.589. The first kappa shape index (κ1) is 15.6. The largest absolute Gasteiger partial charge is 0.326 e. The molecule has 6 aliphatic rings. The van der Waals surface area contributed by atoms with E-state index in [1.807, 2.05) is 12.2 Å². The third kappa shape index (κ3) is 1.22. The van der Waals surface area contributed by atoms with Crippen molar-refractivity contribution in [2.75, 3.05) is 21.1 Å². The summed E-state index contributed by atoms with van der Waals surface area (Å²) in [6.07, 6.45) is 7.37. The van der Waals surface area contributed by atoms with Gasteiger partial charge in [0, 0.05) is 32.6 Å². The van der Waals surface area contributed by atoms with Gasteiger partial charge < -0.3 is 4.90 Å². The summed E-state index contributed by atoms with van der Waals surface area (Å²) in [5, 5.41) is 0. The van der Waals surface area contributed by atoms with Crippen LogP contribution in [-0.4, -0.2) is 65.6 Å². The van der Waals surface area contributed by atoms with Crippen LogP contribution in [0, 0.1) is 34.5 Å². The van der Waals surface area contributed by atoms with Gasteiger partial charge in [-0.15, -0.1) is 0 Å². The lowest BCUT2D eigenvalue weighted by Crippen LogP contribution is -2.86. The molecular formula is C20H21N3O4. The van der Waals surface area contributed by atoms with Crippen LogP contribution in [0.5, 0.6) is 0 Å². The van der Waals surface area contributed by atoms with E-state index in [-0.39, 0.29) is 47.4 Å². The number of fused-ring (bicyclic) bond motifs is 2. The van der Waals surface area contributed by atoms with Gasteiger partial charge in [-0.1, -0.05) is 18.2 Å². The topological polar surface area (TPSA) is 78.0 Å². The number of rotatable bonds is 0. The molecule has 27 heavy (non-hydrogen) atoms. The summed E-state index contributed by atoms with van der Waals surface area (Å²) in [7, 11) is 4.77. The number of amides is 5. The van der Waals surface area contributed by atoms with Crippen LogP contribution >= 0.6 is 0 Å². The molecule has 0 radical (unpaired) electrons. The van der Waals surface area contributed by atoms with Crippen molar-refractivity contribution in [3.8, 4) is 0 Å². The molecule has 7 atom stereocenters. The Bertz CT molecular complexity index is 938. The first-order valence-electron chi connectivity index (χ1n) is 9.55. The molecule has 2 bridgehead atoms. The molecule has 2 aliphatic heterocycles. The molecule has 5 amide bonds. The van der Waals surface area contributed by atoms with Crippen LogP contribution in [-0.2, 0) is 14.4 Å². The standard InChI is InChI=1S/C20H21N3O4/c1-21-14(24)11-6-4-5-10-9-7-12-19(8-9)15(20(12,13(10)11)17(21)26)22(2)18(27)23(3)16(19)25/h4-6,9-10,12-13,15H,7-8H2,1-3H3. The van der Waals surface area contributed by atoms with Gasteiger partial charge >= 0.3 is 6.03 Å². The van der Waals surface area contributed by atoms with Crippen molar-refractivity contribution >= 4 is 23.8 Å². The highest BCUT2D eigenvalue weighted by Crippen LogP contribution is 2.81. The van der Waals surface area contributed by atoms with Gasteiger partial charge in [0.25, 0.3) is 5.91 Å². The Balaban J connectivity index is 1.66. The van der Waals surface area contributed by atoms with E-state index in [1.54, 1.807) is 11.9 Å². The molecule has 0 aromatic heterocycles. The molecule has 2 heterocycles. The molecule has 140 valence electrons. The van der Waals surface area contributed by atoms with Crippen LogP contribution in [0.3, 0.4) is 0 Å². The van der Waals surface area contributed by atoms with Gasteiger partial charge in [-0.3, -0.25) is 24.2 Å². The highest BCUT2D eigenvalue weighted by atomic mass is 16.2. The Morgan fingerprint density at radius 2 is 1.78 bits per heavy atom. The third-order valence-electron chi connectivity index (χ3n) is 8.57. The summed E-state index contributed by atoms with van der Waals surface area (Å²) >= 11 is 0. The molecule has 0 N–H and O–H groups in total. The Kier molecular flexibility index (Phi) is 2.42. The van der Waals surface area contributed by atoms with Crippen LogP contribution in [0.4, 0.5) is 4.79 Å². The maximum atomic E-state index is 13.6. The van der Waals surface area contributed by atoms with Crippen LogP contribution < -0.4 is 0 Å². The maximum absolute atomic E-state index is 13.6. The Hall–Kier alpha value is -2.44. The van der Waals surface area contributed by atoms with Crippen molar-refractivity contribution in [1.82, 2.24) is 14.7 Å². The minimum absolute atomic E-state index is 0.0782. The summed E-state index contributed by atoms with van der Waals surface area (Å²) in [5.41, 5.74) is -0.880. The lowest BCUT2D eigenvalue weighted by Gasteiger charge is -2.73. The molecular weight excluding hydrogens is 346 g/mol. The number of likely N-dealkylation sites (tertiary alicyclic amines) is 1. The summed E-state index contributed by atoms with van der Waals surface area (Å²) in [5.74, 6) is -0.584. The predicted molar refractivity (Wildman–Crippen MR) is 92.8 cm³/mol. The third-order valence-corrected chi connectivity index (χ3v) is 8.57. The fraction of sp³-hybridized carbons (Fsp3) is 0.600. The smallest absolute Gasteiger partial charge is 0.322 e. The number of likely N-dealkylation sites (N-methyl/N-ethyl adjacent to an activating group) is 1. The van der Waals surface area contributed by atoms with Gasteiger partial charge in [0.05, 0.1) is 16.9 Å². The van der Waals surface area contributed by atoms with Crippen molar-refractivity contribution in [1.29, 1.82) is 0 Å². The van der Waals surface area contributed by atoms with E-state index in [4.69, 9.17) is 0 Å². The van der Waals surface area contributed by atoms with Crippen molar-refractivity contribution in [2.45, 2.75) is 18.9 Å². The van der Waals surface area contributed by atoms with Gasteiger partial charge in [0.1, 0.15) is 0 Å². The van der Waals surface area contributed by atoms with Crippen LogP contribution in [0.1, 0.15) is 12.8 Å². The minimum Gasteiger partial charge on any atom is -0.322 e. The van der Waals surface area contributed by atoms with Gasteiger partial charge in [-0.2, -0.15) is 0 Å². The molecule has 7 unspecified atom stereocenters. The van der Waals surface area contributed by atoms with E-state index < -0.39 is 16.9 Å². The van der Waals surface area contributed by atoms with Gasteiger partial charge in [0.15, 0.2) is 0 Å². The summed E-state index contributed by atoms with van der Waals surface area (Å²) < 4.78 is 0. The number of allylic oxidation sites excluding steroid dienone is 3. The second-order valence-corrected chi connectivity index (χ2v) is 9.12. The number of carbonyl (C=O) groups excluding carboxylic acids is 4. The van der Waals surface area contributed by atoms with Crippen molar-refractivity contribution in [3.63, 3.8) is 0 Å². The summed E-state index contributed by atoms with van der Waals surface area (Å²) in [6.45, 7) is 0. The predicted octanol–water partition coefficient (Wildman–Crippen LogP) is 0.632. The Morgan fingerprint density at radius 3 is 2.52 bits per heavy atom. The van der Waals surface area contributed by atoms with E-state index >= 15 is 0 Å². The zero-order chi connectivity index (χ0) is 19.0. The molecule has 3 saturated carbocycles. The molecule has 5 fully saturated rings. The van der Waals surface area contributed by atoms with Crippen LogP contribution in [0.2, 0.25) is 0 Å². The highest BCUT2D eigenvalue weighted by molar-refractivity contribution is 6.14. The van der Waals surface area contributed by atoms with E-state index in [9.17, 15) is 19.2 Å². The maximum Gasteiger partial charge on any atom is 0.326 e. The number of nitrogens with zero attached hydrogens (tertiary/aromatic N) is 3. The lowest BCUT2D eigenvalue weighted by atomic mass is 9.34. The number of imide groups is 2. The number of carbonyl (C=O) groups is 4. The van der Waals surface area contributed by atoms with Gasteiger partial charge in [-0.05, 0) is 30.6 Å². The summed E-state index contributed by atoms with van der Waals surface area (Å²) in [6, 6.07) is -0.830.